The number of hydrogen-bond acceptors (Lipinski definition) is 3. The van der Waals surface area contributed by atoms with Crippen molar-refractivity contribution in [3.05, 3.63) is 65.2 Å². The molecule has 0 unspecified atom stereocenters. The molecule has 3 heteroatoms. The van der Waals surface area contributed by atoms with Gasteiger partial charge in [0.2, 0.25) is 5.78 Å². The van der Waals surface area contributed by atoms with E-state index in [-0.39, 0.29) is 5.78 Å². The van der Waals surface area contributed by atoms with Crippen LogP contribution in [0.5, 0.6) is 5.75 Å². The fourth-order valence-electron chi connectivity index (χ4n) is 1.84. The number of ketones is 1. The van der Waals surface area contributed by atoms with Crippen LogP contribution in [-0.2, 0) is 0 Å². The molecule has 0 aliphatic heterocycles. The summed E-state index contributed by atoms with van der Waals surface area (Å²) in [6.07, 6.45) is 0.199. The number of aldehydes is 1. The fourth-order valence-corrected chi connectivity index (χ4v) is 1.84. The SMILES string of the molecule is Cc1ccc(C(=O)[C@@H](C)Oc2ccc(C=O)cc2)cc1. The van der Waals surface area contributed by atoms with Crippen LogP contribution in [0.4, 0.5) is 0 Å². The summed E-state index contributed by atoms with van der Waals surface area (Å²) < 4.78 is 5.59. The molecule has 20 heavy (non-hydrogen) atoms. The zero-order valence-electron chi connectivity index (χ0n) is 11.5. The zero-order chi connectivity index (χ0) is 14.5. The van der Waals surface area contributed by atoms with E-state index in [2.05, 4.69) is 0 Å². The largest absolute Gasteiger partial charge is 0.483 e. The first-order valence-electron chi connectivity index (χ1n) is 6.43. The van der Waals surface area contributed by atoms with Crippen molar-refractivity contribution in [2.24, 2.45) is 0 Å². The molecule has 0 radical (unpaired) electrons. The van der Waals surface area contributed by atoms with E-state index < -0.39 is 6.10 Å². The van der Waals surface area contributed by atoms with Crippen molar-refractivity contribution < 1.29 is 14.3 Å². The van der Waals surface area contributed by atoms with Crippen LogP contribution in [0.25, 0.3) is 0 Å². The van der Waals surface area contributed by atoms with Crippen LogP contribution in [0.3, 0.4) is 0 Å². The van der Waals surface area contributed by atoms with Gasteiger partial charge in [0.05, 0.1) is 0 Å². The Morgan fingerprint density at radius 2 is 1.65 bits per heavy atom. The highest BCUT2D eigenvalue weighted by Gasteiger charge is 2.16. The molecule has 0 saturated heterocycles. The van der Waals surface area contributed by atoms with E-state index in [0.29, 0.717) is 16.9 Å². The maximum atomic E-state index is 12.2. The molecule has 0 N–H and O–H groups in total. The van der Waals surface area contributed by atoms with Gasteiger partial charge in [-0.25, -0.2) is 0 Å². The molecule has 3 nitrogen and oxygen atoms in total. The van der Waals surface area contributed by atoms with Crippen LogP contribution in [0.15, 0.2) is 48.5 Å². The summed E-state index contributed by atoms with van der Waals surface area (Å²) in [6, 6.07) is 14.1. The van der Waals surface area contributed by atoms with E-state index >= 15 is 0 Å². The molecular formula is C17H16O3. The lowest BCUT2D eigenvalue weighted by atomic mass is 10.1. The maximum Gasteiger partial charge on any atom is 0.202 e. The van der Waals surface area contributed by atoms with Crippen LogP contribution in [-0.4, -0.2) is 18.2 Å². The van der Waals surface area contributed by atoms with Gasteiger partial charge in [-0.2, -0.15) is 0 Å². The zero-order valence-corrected chi connectivity index (χ0v) is 11.5. The molecular weight excluding hydrogens is 252 g/mol. The second kappa shape index (κ2) is 6.15. The summed E-state index contributed by atoms with van der Waals surface area (Å²) in [5, 5.41) is 0. The Bertz CT molecular complexity index is 597. The number of hydrogen-bond donors (Lipinski definition) is 0. The van der Waals surface area contributed by atoms with E-state index in [9.17, 15) is 9.59 Å². The van der Waals surface area contributed by atoms with Crippen molar-refractivity contribution in [1.29, 1.82) is 0 Å². The van der Waals surface area contributed by atoms with Crippen molar-refractivity contribution >= 4 is 12.1 Å². The molecule has 0 bridgehead atoms. The smallest absolute Gasteiger partial charge is 0.202 e. The summed E-state index contributed by atoms with van der Waals surface area (Å²) in [5.74, 6) is 0.507. The number of carbonyl (C=O) groups excluding carboxylic acids is 2. The minimum atomic E-state index is -0.570. The topological polar surface area (TPSA) is 43.4 Å². The number of ether oxygens (including phenoxy) is 1. The third kappa shape index (κ3) is 3.32. The predicted molar refractivity (Wildman–Crippen MR) is 77.4 cm³/mol. The minimum absolute atomic E-state index is 0.0653. The molecule has 0 amide bonds. The summed E-state index contributed by atoms with van der Waals surface area (Å²) in [4.78, 5) is 22.8. The lowest BCUT2D eigenvalue weighted by Gasteiger charge is -2.14. The Kier molecular flexibility index (Phi) is 4.31. The highest BCUT2D eigenvalue weighted by Crippen LogP contribution is 2.15. The Hall–Kier alpha value is -2.42. The Morgan fingerprint density at radius 3 is 2.20 bits per heavy atom. The van der Waals surface area contributed by atoms with Crippen molar-refractivity contribution in [2.45, 2.75) is 20.0 Å². The third-order valence-electron chi connectivity index (χ3n) is 3.03. The molecule has 0 heterocycles. The molecule has 0 fully saturated rings. The monoisotopic (exact) mass is 268 g/mol. The van der Waals surface area contributed by atoms with Gasteiger partial charge < -0.3 is 4.74 Å². The van der Waals surface area contributed by atoms with Gasteiger partial charge in [0.25, 0.3) is 0 Å². The summed E-state index contributed by atoms with van der Waals surface area (Å²) in [7, 11) is 0. The van der Waals surface area contributed by atoms with Gasteiger partial charge in [0.1, 0.15) is 12.0 Å². The average Bonchev–Trinajstić information content (AvgIpc) is 2.48. The lowest BCUT2D eigenvalue weighted by Crippen LogP contribution is -2.23. The van der Waals surface area contributed by atoms with Crippen LogP contribution >= 0.6 is 0 Å². The highest BCUT2D eigenvalue weighted by atomic mass is 16.5. The first kappa shape index (κ1) is 14.0. The van der Waals surface area contributed by atoms with E-state index in [0.717, 1.165) is 11.8 Å². The normalized spacial score (nSPS) is 11.7. The Morgan fingerprint density at radius 1 is 1.05 bits per heavy atom. The first-order valence-corrected chi connectivity index (χ1v) is 6.43. The van der Waals surface area contributed by atoms with Gasteiger partial charge in [-0.05, 0) is 38.1 Å². The number of rotatable bonds is 5. The molecule has 0 saturated carbocycles. The molecule has 102 valence electrons. The van der Waals surface area contributed by atoms with Crippen LogP contribution in [0, 0.1) is 6.92 Å². The number of aryl methyl sites for hydroxylation is 1. The molecule has 2 aromatic rings. The molecule has 0 aliphatic rings. The summed E-state index contributed by atoms with van der Waals surface area (Å²) in [5.41, 5.74) is 2.32. The fraction of sp³-hybridized carbons (Fsp3) is 0.176. The average molecular weight is 268 g/mol. The Labute approximate surface area is 118 Å². The van der Waals surface area contributed by atoms with Crippen LogP contribution in [0.1, 0.15) is 33.2 Å². The van der Waals surface area contributed by atoms with Crippen LogP contribution in [0.2, 0.25) is 0 Å². The highest BCUT2D eigenvalue weighted by molar-refractivity contribution is 5.99. The van der Waals surface area contributed by atoms with Gasteiger partial charge >= 0.3 is 0 Å². The first-order chi connectivity index (χ1) is 9.60. The van der Waals surface area contributed by atoms with Gasteiger partial charge in [-0.3, -0.25) is 9.59 Å². The number of carbonyl (C=O) groups is 2. The number of Topliss-reactive ketones (excluding diaryl/α,β-unsaturated/α-hetero) is 1. The van der Waals surface area contributed by atoms with Crippen molar-refractivity contribution in [1.82, 2.24) is 0 Å². The summed E-state index contributed by atoms with van der Waals surface area (Å²) in [6.45, 7) is 3.69. The van der Waals surface area contributed by atoms with Gasteiger partial charge in [0.15, 0.2) is 6.10 Å². The third-order valence-corrected chi connectivity index (χ3v) is 3.03. The van der Waals surface area contributed by atoms with Crippen molar-refractivity contribution in [2.75, 3.05) is 0 Å². The lowest BCUT2D eigenvalue weighted by molar-refractivity contribution is 0.0818. The molecule has 1 atom stereocenters. The molecule has 2 rings (SSSR count). The maximum absolute atomic E-state index is 12.2. The van der Waals surface area contributed by atoms with Crippen LogP contribution < -0.4 is 4.74 Å². The van der Waals surface area contributed by atoms with Gasteiger partial charge in [-0.15, -0.1) is 0 Å². The quantitative estimate of drug-likeness (QED) is 0.616. The van der Waals surface area contributed by atoms with Crippen molar-refractivity contribution in [3.63, 3.8) is 0 Å². The second-order valence-corrected chi connectivity index (χ2v) is 4.68. The standard InChI is InChI=1S/C17H16O3/c1-12-3-7-15(8-4-12)17(19)13(2)20-16-9-5-14(11-18)6-10-16/h3-11,13H,1-2H3/t13-/m1/s1. The molecule has 0 aliphatic carbocycles. The minimum Gasteiger partial charge on any atom is -0.483 e. The summed E-state index contributed by atoms with van der Waals surface area (Å²) >= 11 is 0. The predicted octanol–water partition coefficient (Wildman–Crippen LogP) is 3.46. The van der Waals surface area contributed by atoms with E-state index in [1.807, 2.05) is 19.1 Å². The van der Waals surface area contributed by atoms with E-state index in [1.165, 1.54) is 0 Å². The van der Waals surface area contributed by atoms with Crippen molar-refractivity contribution in [3.8, 4) is 5.75 Å². The number of benzene rings is 2. The molecule has 0 aromatic heterocycles. The van der Waals surface area contributed by atoms with Gasteiger partial charge in [-0.1, -0.05) is 29.8 Å². The van der Waals surface area contributed by atoms with E-state index in [1.54, 1.807) is 43.3 Å². The van der Waals surface area contributed by atoms with E-state index in [4.69, 9.17) is 4.74 Å². The Balaban J connectivity index is 2.06. The second-order valence-electron chi connectivity index (χ2n) is 4.68. The van der Waals surface area contributed by atoms with Gasteiger partial charge in [0, 0.05) is 11.1 Å². The molecule has 2 aromatic carbocycles. The molecule has 0 spiro atoms.